The number of aliphatic carboxylic acids is 1. The lowest BCUT2D eigenvalue weighted by atomic mass is 10.1. The molecule has 36 heavy (non-hydrogen) atoms. The number of carbonyl (C=O) groups excluding carboxylic acids is 1. The highest BCUT2D eigenvalue weighted by Crippen LogP contribution is 2.25. The van der Waals surface area contributed by atoms with Crippen LogP contribution in [0.15, 0.2) is 60.7 Å². The largest absolute Gasteiger partial charge is 0.478 e. The molecule has 1 N–H and O–H groups in total. The standard InChI is InChI=1S/C27H30FN3O5/c1-18-9-10-20(13-19(18)2)15-30(3)16-21(36-27(34)12-11-26(32)33)17-35-25-14-24(29-31(25)4)22-7-5-6-8-23(22)28/h5-14,21H,15-17H2,1-4H3,(H,32,33)/b12-11+. The van der Waals surface area contributed by atoms with Crippen LogP contribution in [-0.2, 0) is 27.9 Å². The van der Waals surface area contributed by atoms with Crippen molar-refractivity contribution in [2.75, 3.05) is 20.2 Å². The van der Waals surface area contributed by atoms with Crippen molar-refractivity contribution in [2.24, 2.45) is 7.05 Å². The lowest BCUT2D eigenvalue weighted by Gasteiger charge is -2.24. The van der Waals surface area contributed by atoms with Crippen molar-refractivity contribution < 1.29 is 28.6 Å². The van der Waals surface area contributed by atoms with Gasteiger partial charge in [-0.1, -0.05) is 30.3 Å². The van der Waals surface area contributed by atoms with Gasteiger partial charge in [-0.25, -0.2) is 18.7 Å². The third-order valence-electron chi connectivity index (χ3n) is 5.59. The third kappa shape index (κ3) is 7.51. The molecule has 0 radical (unpaired) electrons. The predicted octanol–water partition coefficient (Wildman–Crippen LogP) is 3.91. The maximum absolute atomic E-state index is 14.2. The Hall–Kier alpha value is -3.98. The number of esters is 1. The monoisotopic (exact) mass is 495 g/mol. The molecule has 0 amide bonds. The van der Waals surface area contributed by atoms with Gasteiger partial charge in [0.25, 0.3) is 0 Å². The van der Waals surface area contributed by atoms with Crippen molar-refractivity contribution in [2.45, 2.75) is 26.5 Å². The second-order valence-corrected chi connectivity index (χ2v) is 8.63. The molecule has 0 spiro atoms. The first-order valence-corrected chi connectivity index (χ1v) is 11.4. The molecule has 0 aliphatic carbocycles. The Morgan fingerprint density at radius 1 is 1.14 bits per heavy atom. The lowest BCUT2D eigenvalue weighted by molar-refractivity contribution is -0.146. The fraction of sp³-hybridized carbons (Fsp3) is 0.296. The zero-order chi connectivity index (χ0) is 26.2. The summed E-state index contributed by atoms with van der Waals surface area (Å²) in [6, 6.07) is 14.1. The van der Waals surface area contributed by atoms with Crippen LogP contribution in [0.3, 0.4) is 0 Å². The Morgan fingerprint density at radius 2 is 1.89 bits per heavy atom. The quantitative estimate of drug-likeness (QED) is 0.318. The van der Waals surface area contributed by atoms with E-state index in [1.807, 2.05) is 18.0 Å². The van der Waals surface area contributed by atoms with E-state index in [-0.39, 0.29) is 6.61 Å². The fourth-order valence-corrected chi connectivity index (χ4v) is 3.66. The minimum Gasteiger partial charge on any atom is -0.478 e. The lowest BCUT2D eigenvalue weighted by Crippen LogP contribution is -2.36. The number of ether oxygens (including phenoxy) is 2. The summed E-state index contributed by atoms with van der Waals surface area (Å²) >= 11 is 0. The van der Waals surface area contributed by atoms with E-state index in [4.69, 9.17) is 14.6 Å². The zero-order valence-corrected chi connectivity index (χ0v) is 20.8. The van der Waals surface area contributed by atoms with Gasteiger partial charge in [-0.15, -0.1) is 0 Å². The van der Waals surface area contributed by atoms with Crippen molar-refractivity contribution in [3.05, 3.63) is 83.2 Å². The zero-order valence-electron chi connectivity index (χ0n) is 20.8. The van der Waals surface area contributed by atoms with Crippen molar-refractivity contribution in [3.8, 4) is 17.1 Å². The van der Waals surface area contributed by atoms with Crippen LogP contribution in [0, 0.1) is 19.7 Å². The highest BCUT2D eigenvalue weighted by molar-refractivity contribution is 5.90. The molecule has 1 aromatic heterocycles. The van der Waals surface area contributed by atoms with Gasteiger partial charge in [0.15, 0.2) is 0 Å². The van der Waals surface area contributed by atoms with Crippen molar-refractivity contribution in [1.82, 2.24) is 14.7 Å². The molecular weight excluding hydrogens is 465 g/mol. The summed E-state index contributed by atoms with van der Waals surface area (Å²) in [5.41, 5.74) is 4.26. The number of aryl methyl sites for hydroxylation is 3. The molecule has 2 aromatic carbocycles. The molecule has 3 rings (SSSR count). The summed E-state index contributed by atoms with van der Waals surface area (Å²) < 4.78 is 27.0. The smallest absolute Gasteiger partial charge is 0.331 e. The minimum absolute atomic E-state index is 0.0137. The summed E-state index contributed by atoms with van der Waals surface area (Å²) in [4.78, 5) is 24.9. The second kappa shape index (κ2) is 12.1. The fourth-order valence-electron chi connectivity index (χ4n) is 3.66. The van der Waals surface area contributed by atoms with Crippen LogP contribution in [0.1, 0.15) is 16.7 Å². The third-order valence-corrected chi connectivity index (χ3v) is 5.59. The van der Waals surface area contributed by atoms with E-state index in [2.05, 4.69) is 31.1 Å². The van der Waals surface area contributed by atoms with Gasteiger partial charge in [0.05, 0.1) is 5.69 Å². The van der Waals surface area contributed by atoms with E-state index in [0.717, 1.165) is 17.7 Å². The Bertz CT molecular complexity index is 1250. The number of hydrogen-bond donors (Lipinski definition) is 1. The molecule has 0 aliphatic heterocycles. The normalized spacial score (nSPS) is 12.2. The summed E-state index contributed by atoms with van der Waals surface area (Å²) in [5.74, 6) is -2.07. The molecule has 190 valence electrons. The van der Waals surface area contributed by atoms with E-state index in [1.165, 1.54) is 21.9 Å². The number of aromatic nitrogens is 2. The number of rotatable bonds is 11. The van der Waals surface area contributed by atoms with Gasteiger partial charge in [0, 0.05) is 43.9 Å². The number of carboxylic acid groups (broad SMARTS) is 1. The average Bonchev–Trinajstić information content (AvgIpc) is 3.19. The first kappa shape index (κ1) is 26.6. The molecule has 0 fully saturated rings. The van der Waals surface area contributed by atoms with E-state index in [9.17, 15) is 14.0 Å². The van der Waals surface area contributed by atoms with Gasteiger partial charge in [-0.2, -0.15) is 5.10 Å². The SMILES string of the molecule is Cc1ccc(CN(C)CC(COc2cc(-c3ccccc3F)nn2C)OC(=O)/C=C/C(=O)O)cc1C. The highest BCUT2D eigenvalue weighted by atomic mass is 19.1. The highest BCUT2D eigenvalue weighted by Gasteiger charge is 2.19. The van der Waals surface area contributed by atoms with Gasteiger partial charge in [-0.3, -0.25) is 4.90 Å². The topological polar surface area (TPSA) is 93.9 Å². The molecule has 9 heteroatoms. The molecule has 0 aliphatic rings. The van der Waals surface area contributed by atoms with Crippen LogP contribution < -0.4 is 4.74 Å². The first-order valence-electron chi connectivity index (χ1n) is 11.4. The van der Waals surface area contributed by atoms with Crippen molar-refractivity contribution >= 4 is 11.9 Å². The number of carbonyl (C=O) groups is 2. The van der Waals surface area contributed by atoms with Gasteiger partial charge in [-0.05, 0) is 49.7 Å². The van der Waals surface area contributed by atoms with Crippen LogP contribution >= 0.6 is 0 Å². The van der Waals surface area contributed by atoms with Gasteiger partial charge >= 0.3 is 11.9 Å². The van der Waals surface area contributed by atoms with Crippen molar-refractivity contribution in [1.29, 1.82) is 0 Å². The number of nitrogens with zero attached hydrogens (tertiary/aromatic N) is 3. The van der Waals surface area contributed by atoms with Crippen LogP contribution in [0.2, 0.25) is 0 Å². The van der Waals surface area contributed by atoms with Gasteiger partial charge in [0.2, 0.25) is 5.88 Å². The molecule has 8 nitrogen and oxygen atoms in total. The molecule has 1 atom stereocenters. The molecule has 0 saturated carbocycles. The summed E-state index contributed by atoms with van der Waals surface area (Å²) in [5, 5.41) is 13.1. The number of benzene rings is 2. The Balaban J connectivity index is 1.71. The van der Waals surface area contributed by atoms with Crippen LogP contribution in [0.5, 0.6) is 5.88 Å². The molecular formula is C27H30FN3O5. The van der Waals surface area contributed by atoms with Crippen molar-refractivity contribution in [3.63, 3.8) is 0 Å². The van der Waals surface area contributed by atoms with Crippen LogP contribution in [-0.4, -0.2) is 58.0 Å². The molecule has 0 saturated heterocycles. The van der Waals surface area contributed by atoms with E-state index in [1.54, 1.807) is 31.3 Å². The van der Waals surface area contributed by atoms with Crippen LogP contribution in [0.25, 0.3) is 11.3 Å². The average molecular weight is 496 g/mol. The van der Waals surface area contributed by atoms with E-state index in [0.29, 0.717) is 30.2 Å². The first-order chi connectivity index (χ1) is 17.1. The van der Waals surface area contributed by atoms with Crippen LogP contribution in [0.4, 0.5) is 4.39 Å². The van der Waals surface area contributed by atoms with Gasteiger partial charge in [0.1, 0.15) is 18.5 Å². The maximum Gasteiger partial charge on any atom is 0.331 e. The molecule has 1 unspecified atom stereocenters. The summed E-state index contributed by atoms with van der Waals surface area (Å²) in [6.45, 7) is 5.03. The predicted molar refractivity (Wildman–Crippen MR) is 133 cm³/mol. The van der Waals surface area contributed by atoms with E-state index >= 15 is 0 Å². The number of hydrogen-bond acceptors (Lipinski definition) is 6. The number of likely N-dealkylation sites (N-methyl/N-ethyl adjacent to an activating group) is 1. The Labute approximate surface area is 209 Å². The molecule has 3 aromatic rings. The van der Waals surface area contributed by atoms with E-state index < -0.39 is 23.9 Å². The van der Waals surface area contributed by atoms with Gasteiger partial charge < -0.3 is 14.6 Å². The maximum atomic E-state index is 14.2. The summed E-state index contributed by atoms with van der Waals surface area (Å²) in [6.07, 6.45) is 0.874. The molecule has 1 heterocycles. The second-order valence-electron chi connectivity index (χ2n) is 8.63. The molecule has 0 bridgehead atoms. The Morgan fingerprint density at radius 3 is 2.58 bits per heavy atom. The number of carboxylic acids is 1. The summed E-state index contributed by atoms with van der Waals surface area (Å²) in [7, 11) is 3.56. The Kier molecular flexibility index (Phi) is 8.97. The number of halogens is 1. The minimum atomic E-state index is -1.25.